The number of aromatic hydroxyl groups is 1. The van der Waals surface area contributed by atoms with Gasteiger partial charge in [0, 0.05) is 17.3 Å². The molecule has 0 fully saturated rings. The molecule has 0 amide bonds. The zero-order valence-corrected chi connectivity index (χ0v) is 9.93. The number of aliphatic hydroxyl groups excluding tert-OH is 1. The van der Waals surface area contributed by atoms with Gasteiger partial charge in [-0.2, -0.15) is 0 Å². The van der Waals surface area contributed by atoms with E-state index in [-0.39, 0.29) is 18.1 Å². The Bertz CT molecular complexity index is 390. The number of rotatable bonds is 5. The second kappa shape index (κ2) is 6.10. The van der Waals surface area contributed by atoms with Gasteiger partial charge in [-0.3, -0.25) is 4.79 Å². The van der Waals surface area contributed by atoms with Crippen molar-refractivity contribution in [3.8, 4) is 5.75 Å². The van der Waals surface area contributed by atoms with Gasteiger partial charge in [-0.15, -0.1) is 0 Å². The van der Waals surface area contributed by atoms with Crippen molar-refractivity contribution in [2.45, 2.75) is 26.5 Å². The molecule has 3 N–H and O–H groups in total. The molecule has 1 aromatic carbocycles. The summed E-state index contributed by atoms with van der Waals surface area (Å²) in [7, 11) is 0. The predicted octanol–water partition coefficient (Wildman–Crippen LogP) is 1.25. The number of aliphatic hydroxyl groups is 1. The van der Waals surface area contributed by atoms with Gasteiger partial charge in [-0.1, -0.05) is 6.07 Å². The number of carbonyl (C=O) groups is 1. The second-order valence-electron chi connectivity index (χ2n) is 3.65. The van der Waals surface area contributed by atoms with E-state index in [1.54, 1.807) is 26.0 Å². The first-order valence-corrected chi connectivity index (χ1v) is 5.45. The van der Waals surface area contributed by atoms with E-state index in [0.717, 1.165) is 0 Å². The van der Waals surface area contributed by atoms with Gasteiger partial charge in [-0.25, -0.2) is 0 Å². The average Bonchev–Trinajstić information content (AvgIpc) is 2.21. The molecule has 0 radical (unpaired) electrons. The first-order chi connectivity index (χ1) is 8.02. The molecule has 5 nitrogen and oxygen atoms in total. The van der Waals surface area contributed by atoms with Crippen LogP contribution < -0.4 is 5.32 Å². The standard InChI is InChI=1S/C12H17NO4/c1-3-17-12(16)6-9-4-5-10(7-11(9)15)13-8(2)14/h4-5,7-8,13-15H,3,6H2,1-2H3. The molecule has 1 atom stereocenters. The summed E-state index contributed by atoms with van der Waals surface area (Å²) in [4.78, 5) is 11.2. The first kappa shape index (κ1) is 13.3. The number of esters is 1. The number of ether oxygens (including phenoxy) is 1. The van der Waals surface area contributed by atoms with Crippen molar-refractivity contribution in [2.75, 3.05) is 11.9 Å². The van der Waals surface area contributed by atoms with Crippen LogP contribution in [-0.2, 0) is 16.0 Å². The van der Waals surface area contributed by atoms with Crippen LogP contribution in [0.5, 0.6) is 5.75 Å². The highest BCUT2D eigenvalue weighted by Crippen LogP contribution is 2.23. The maximum Gasteiger partial charge on any atom is 0.310 e. The van der Waals surface area contributed by atoms with Crippen LogP contribution in [0.2, 0.25) is 0 Å². The van der Waals surface area contributed by atoms with E-state index in [0.29, 0.717) is 17.9 Å². The van der Waals surface area contributed by atoms with Gasteiger partial charge >= 0.3 is 5.97 Å². The lowest BCUT2D eigenvalue weighted by molar-refractivity contribution is -0.142. The van der Waals surface area contributed by atoms with E-state index in [1.165, 1.54) is 6.07 Å². The van der Waals surface area contributed by atoms with Crippen LogP contribution in [0.15, 0.2) is 18.2 Å². The van der Waals surface area contributed by atoms with Crippen molar-refractivity contribution in [1.29, 1.82) is 0 Å². The molecular formula is C12H17NO4. The number of carbonyl (C=O) groups excluding carboxylic acids is 1. The van der Waals surface area contributed by atoms with Crippen LogP contribution in [0, 0.1) is 0 Å². The number of benzene rings is 1. The summed E-state index contributed by atoms with van der Waals surface area (Å²) in [5.74, 6) is -0.372. The predicted molar refractivity (Wildman–Crippen MR) is 63.7 cm³/mol. The largest absolute Gasteiger partial charge is 0.508 e. The number of nitrogens with one attached hydrogen (secondary N) is 1. The lowest BCUT2D eigenvalue weighted by Gasteiger charge is -2.11. The third-order valence-corrected chi connectivity index (χ3v) is 2.10. The summed E-state index contributed by atoms with van der Waals surface area (Å²) >= 11 is 0. The van der Waals surface area contributed by atoms with Crippen LogP contribution in [0.3, 0.4) is 0 Å². The van der Waals surface area contributed by atoms with Crippen molar-refractivity contribution in [1.82, 2.24) is 0 Å². The molecule has 94 valence electrons. The zero-order valence-electron chi connectivity index (χ0n) is 9.93. The highest BCUT2D eigenvalue weighted by molar-refractivity contribution is 5.74. The van der Waals surface area contributed by atoms with Crippen molar-refractivity contribution < 1.29 is 19.7 Å². The zero-order chi connectivity index (χ0) is 12.8. The smallest absolute Gasteiger partial charge is 0.310 e. The Kier molecular flexibility index (Phi) is 4.78. The molecule has 0 spiro atoms. The highest BCUT2D eigenvalue weighted by atomic mass is 16.5. The monoisotopic (exact) mass is 239 g/mol. The molecular weight excluding hydrogens is 222 g/mol. The molecule has 0 aliphatic carbocycles. The molecule has 0 saturated carbocycles. The van der Waals surface area contributed by atoms with Crippen molar-refractivity contribution in [2.24, 2.45) is 0 Å². The minimum absolute atomic E-state index is 0.00343. The second-order valence-corrected chi connectivity index (χ2v) is 3.65. The maximum absolute atomic E-state index is 11.2. The molecule has 0 saturated heterocycles. The quantitative estimate of drug-likeness (QED) is 0.532. The third kappa shape index (κ3) is 4.32. The number of anilines is 1. The molecule has 0 heterocycles. The minimum atomic E-state index is -0.703. The molecule has 0 aliphatic heterocycles. The minimum Gasteiger partial charge on any atom is -0.508 e. The Balaban J connectivity index is 2.72. The Morgan fingerprint density at radius 3 is 2.76 bits per heavy atom. The lowest BCUT2D eigenvalue weighted by atomic mass is 10.1. The fraction of sp³-hybridized carbons (Fsp3) is 0.417. The van der Waals surface area contributed by atoms with Crippen LogP contribution in [-0.4, -0.2) is 29.0 Å². The number of phenols is 1. The van der Waals surface area contributed by atoms with Gasteiger partial charge in [0.1, 0.15) is 12.0 Å². The first-order valence-electron chi connectivity index (χ1n) is 5.45. The summed E-state index contributed by atoms with van der Waals surface area (Å²) in [5, 5.41) is 21.5. The fourth-order valence-corrected chi connectivity index (χ4v) is 1.41. The Labute approximate surface area is 100 Å². The van der Waals surface area contributed by atoms with Crippen LogP contribution >= 0.6 is 0 Å². The van der Waals surface area contributed by atoms with Crippen molar-refractivity contribution in [3.63, 3.8) is 0 Å². The molecule has 0 aromatic heterocycles. The summed E-state index contributed by atoms with van der Waals surface area (Å²) < 4.78 is 4.79. The van der Waals surface area contributed by atoms with E-state index < -0.39 is 6.23 Å². The molecule has 5 heteroatoms. The fourth-order valence-electron chi connectivity index (χ4n) is 1.41. The van der Waals surface area contributed by atoms with Crippen LogP contribution in [0.1, 0.15) is 19.4 Å². The average molecular weight is 239 g/mol. The SMILES string of the molecule is CCOC(=O)Cc1ccc(NC(C)O)cc1O. The van der Waals surface area contributed by atoms with E-state index >= 15 is 0 Å². The molecule has 1 rings (SSSR count). The lowest BCUT2D eigenvalue weighted by Crippen LogP contribution is -2.13. The summed E-state index contributed by atoms with van der Waals surface area (Å²) in [6.07, 6.45) is -0.667. The Morgan fingerprint density at radius 2 is 2.24 bits per heavy atom. The number of phenolic OH excluding ortho intramolecular Hbond substituents is 1. The van der Waals surface area contributed by atoms with E-state index in [1.807, 2.05) is 0 Å². The van der Waals surface area contributed by atoms with Gasteiger partial charge < -0.3 is 20.3 Å². The normalized spacial score (nSPS) is 11.9. The van der Waals surface area contributed by atoms with Gasteiger partial charge in [0.2, 0.25) is 0 Å². The summed E-state index contributed by atoms with van der Waals surface area (Å²) in [6.45, 7) is 3.62. The highest BCUT2D eigenvalue weighted by Gasteiger charge is 2.09. The van der Waals surface area contributed by atoms with Crippen LogP contribution in [0.25, 0.3) is 0 Å². The van der Waals surface area contributed by atoms with E-state index in [2.05, 4.69) is 5.32 Å². The van der Waals surface area contributed by atoms with Crippen molar-refractivity contribution >= 4 is 11.7 Å². The van der Waals surface area contributed by atoms with E-state index in [4.69, 9.17) is 9.84 Å². The third-order valence-electron chi connectivity index (χ3n) is 2.10. The van der Waals surface area contributed by atoms with Gasteiger partial charge in [0.25, 0.3) is 0 Å². The summed E-state index contributed by atoms with van der Waals surface area (Å²) in [6, 6.07) is 4.76. The van der Waals surface area contributed by atoms with Gasteiger partial charge in [-0.05, 0) is 19.9 Å². The topological polar surface area (TPSA) is 78.8 Å². The molecule has 0 bridgehead atoms. The maximum atomic E-state index is 11.2. The van der Waals surface area contributed by atoms with Crippen molar-refractivity contribution in [3.05, 3.63) is 23.8 Å². The Morgan fingerprint density at radius 1 is 1.53 bits per heavy atom. The molecule has 17 heavy (non-hydrogen) atoms. The van der Waals surface area contributed by atoms with Gasteiger partial charge in [0.05, 0.1) is 13.0 Å². The number of hydrogen-bond acceptors (Lipinski definition) is 5. The molecule has 0 aliphatic rings. The Hall–Kier alpha value is -1.75. The summed E-state index contributed by atoms with van der Waals surface area (Å²) in [5.41, 5.74) is 1.09. The van der Waals surface area contributed by atoms with E-state index in [9.17, 15) is 9.90 Å². The molecule has 1 aromatic rings. The van der Waals surface area contributed by atoms with Gasteiger partial charge in [0.15, 0.2) is 0 Å². The molecule has 1 unspecified atom stereocenters. The number of hydrogen-bond donors (Lipinski definition) is 3. The van der Waals surface area contributed by atoms with Crippen LogP contribution in [0.4, 0.5) is 5.69 Å².